The molecule has 0 aliphatic carbocycles. The van der Waals surface area contributed by atoms with Crippen molar-refractivity contribution in [2.24, 2.45) is 0 Å². The van der Waals surface area contributed by atoms with Gasteiger partial charge in [-0.1, -0.05) is 0 Å². The van der Waals surface area contributed by atoms with Crippen LogP contribution in [0.5, 0.6) is 0 Å². The molecule has 0 saturated carbocycles. The number of hydrogen-bond donors (Lipinski definition) is 1. The molecule has 1 heterocycles. The number of carbonyl (C=O) groups excluding carboxylic acids is 1. The van der Waals surface area contributed by atoms with Gasteiger partial charge in [-0.2, -0.15) is 0 Å². The van der Waals surface area contributed by atoms with Gasteiger partial charge in [0, 0.05) is 25.5 Å². The number of amides is 1. The Morgan fingerprint density at radius 1 is 1.67 bits per heavy atom. The Kier molecular flexibility index (Phi) is 7.50. The molecule has 3 nitrogen and oxygen atoms in total. The van der Waals surface area contributed by atoms with E-state index in [0.29, 0.717) is 0 Å². The lowest BCUT2D eigenvalue weighted by molar-refractivity contribution is 0.0797. The quantitative estimate of drug-likeness (QED) is 0.834. The highest BCUT2D eigenvalue weighted by Crippen LogP contribution is 2.17. The van der Waals surface area contributed by atoms with Gasteiger partial charge in [0.15, 0.2) is 0 Å². The van der Waals surface area contributed by atoms with Crippen LogP contribution in [0.4, 0.5) is 0 Å². The fourth-order valence-electron chi connectivity index (χ4n) is 1.02. The van der Waals surface area contributed by atoms with E-state index in [1.54, 1.807) is 16.2 Å². The van der Waals surface area contributed by atoms with Crippen LogP contribution in [0.3, 0.4) is 0 Å². The summed E-state index contributed by atoms with van der Waals surface area (Å²) in [5.41, 5.74) is 0.790. The van der Waals surface area contributed by atoms with Crippen molar-refractivity contribution in [3.63, 3.8) is 0 Å². The number of rotatable bonds is 4. The summed E-state index contributed by atoms with van der Waals surface area (Å²) in [7, 11) is 3.70. The molecule has 1 aromatic rings. The molecular formula is C9H14ClIN2OS. The van der Waals surface area contributed by atoms with Gasteiger partial charge in [0.1, 0.15) is 0 Å². The molecule has 0 spiro atoms. The lowest BCUT2D eigenvalue weighted by atomic mass is 10.3. The molecule has 0 aliphatic heterocycles. The summed E-state index contributed by atoms with van der Waals surface area (Å²) in [6.07, 6.45) is 0. The van der Waals surface area contributed by atoms with Gasteiger partial charge in [-0.05, 0) is 35.7 Å². The summed E-state index contributed by atoms with van der Waals surface area (Å²) in [6.45, 7) is 1.56. The zero-order valence-electron chi connectivity index (χ0n) is 8.62. The molecule has 1 rings (SSSR count). The first-order valence-electron chi connectivity index (χ1n) is 4.29. The third kappa shape index (κ3) is 4.67. The minimum atomic E-state index is 0. The molecule has 0 atom stereocenters. The van der Waals surface area contributed by atoms with Gasteiger partial charge in [-0.25, -0.2) is 0 Å². The van der Waals surface area contributed by atoms with E-state index in [4.69, 9.17) is 0 Å². The Hall–Kier alpha value is 0.150. The van der Waals surface area contributed by atoms with Crippen LogP contribution in [0.15, 0.2) is 11.4 Å². The smallest absolute Gasteiger partial charge is 0.254 e. The monoisotopic (exact) mass is 360 g/mol. The second-order valence-corrected chi connectivity index (χ2v) is 5.78. The molecule has 0 bridgehead atoms. The molecule has 1 N–H and O–H groups in total. The lowest BCUT2D eigenvalue weighted by Gasteiger charge is -2.15. The Morgan fingerprint density at radius 2 is 2.33 bits per heavy atom. The highest BCUT2D eigenvalue weighted by molar-refractivity contribution is 14.1. The van der Waals surface area contributed by atoms with Gasteiger partial charge >= 0.3 is 0 Å². The maximum absolute atomic E-state index is 11.8. The van der Waals surface area contributed by atoms with Crippen molar-refractivity contribution in [1.82, 2.24) is 10.2 Å². The zero-order chi connectivity index (χ0) is 10.6. The van der Waals surface area contributed by atoms with Crippen LogP contribution in [-0.2, 0) is 0 Å². The molecular weight excluding hydrogens is 347 g/mol. The maximum atomic E-state index is 11.8. The second kappa shape index (κ2) is 7.43. The second-order valence-electron chi connectivity index (χ2n) is 2.97. The van der Waals surface area contributed by atoms with Crippen molar-refractivity contribution in [3.05, 3.63) is 19.9 Å². The molecule has 15 heavy (non-hydrogen) atoms. The summed E-state index contributed by atoms with van der Waals surface area (Å²) >= 11 is 3.82. The Labute approximate surface area is 114 Å². The van der Waals surface area contributed by atoms with E-state index >= 15 is 0 Å². The van der Waals surface area contributed by atoms with E-state index in [-0.39, 0.29) is 18.3 Å². The van der Waals surface area contributed by atoms with Gasteiger partial charge in [-0.15, -0.1) is 23.7 Å². The average molecular weight is 361 g/mol. The number of likely N-dealkylation sites (N-methyl/N-ethyl adjacent to an activating group) is 2. The normalized spacial score (nSPS) is 9.53. The van der Waals surface area contributed by atoms with Crippen LogP contribution in [-0.4, -0.2) is 38.0 Å². The van der Waals surface area contributed by atoms with E-state index in [0.717, 1.165) is 21.5 Å². The third-order valence-corrected chi connectivity index (χ3v) is 3.65. The van der Waals surface area contributed by atoms with Crippen molar-refractivity contribution in [3.8, 4) is 0 Å². The van der Waals surface area contributed by atoms with Gasteiger partial charge in [-0.3, -0.25) is 4.79 Å². The highest BCUT2D eigenvalue weighted by Gasteiger charge is 2.12. The van der Waals surface area contributed by atoms with Crippen molar-refractivity contribution in [2.75, 3.05) is 27.2 Å². The number of halogens is 2. The minimum Gasteiger partial charge on any atom is -0.340 e. The van der Waals surface area contributed by atoms with Gasteiger partial charge in [0.2, 0.25) is 0 Å². The van der Waals surface area contributed by atoms with Gasteiger partial charge in [0.25, 0.3) is 5.91 Å². The van der Waals surface area contributed by atoms with Crippen LogP contribution >= 0.6 is 46.3 Å². The summed E-state index contributed by atoms with van der Waals surface area (Å²) < 4.78 is 1.15. The van der Waals surface area contributed by atoms with E-state index in [9.17, 15) is 4.79 Å². The molecule has 1 aromatic heterocycles. The topological polar surface area (TPSA) is 32.3 Å². The van der Waals surface area contributed by atoms with Gasteiger partial charge in [0.05, 0.1) is 8.45 Å². The van der Waals surface area contributed by atoms with Crippen LogP contribution in [0.1, 0.15) is 10.4 Å². The number of nitrogens with zero attached hydrogens (tertiary/aromatic N) is 1. The van der Waals surface area contributed by atoms with Crippen molar-refractivity contribution in [1.29, 1.82) is 0 Å². The molecule has 0 saturated heterocycles. The highest BCUT2D eigenvalue weighted by atomic mass is 127. The average Bonchev–Trinajstić information content (AvgIpc) is 2.60. The molecule has 0 unspecified atom stereocenters. The van der Waals surface area contributed by atoms with Crippen LogP contribution in [0, 0.1) is 2.88 Å². The largest absolute Gasteiger partial charge is 0.340 e. The zero-order valence-corrected chi connectivity index (χ0v) is 12.4. The molecule has 0 fully saturated rings. The van der Waals surface area contributed by atoms with E-state index in [1.165, 1.54) is 0 Å². The van der Waals surface area contributed by atoms with Crippen molar-refractivity contribution in [2.45, 2.75) is 0 Å². The molecule has 1 amide bonds. The Morgan fingerprint density at radius 3 is 2.80 bits per heavy atom. The third-order valence-electron chi connectivity index (χ3n) is 1.86. The summed E-state index contributed by atoms with van der Waals surface area (Å²) in [5.74, 6) is 0.0967. The van der Waals surface area contributed by atoms with Crippen LogP contribution in [0.25, 0.3) is 0 Å². The predicted octanol–water partition coefficient (Wildman–Crippen LogP) is 2.07. The fraction of sp³-hybridized carbons (Fsp3) is 0.444. The first-order valence-corrected chi connectivity index (χ1v) is 6.25. The predicted molar refractivity (Wildman–Crippen MR) is 75.2 cm³/mol. The SMILES string of the molecule is CNCCN(C)C(=O)c1csc(I)c1.Cl. The van der Waals surface area contributed by atoms with Crippen molar-refractivity contribution >= 4 is 52.2 Å². The maximum Gasteiger partial charge on any atom is 0.254 e. The minimum absolute atomic E-state index is 0. The number of thiophene rings is 1. The van der Waals surface area contributed by atoms with E-state index in [2.05, 4.69) is 27.9 Å². The van der Waals surface area contributed by atoms with E-state index < -0.39 is 0 Å². The fourth-order valence-corrected chi connectivity index (χ4v) is 2.34. The molecule has 0 aromatic carbocycles. The summed E-state index contributed by atoms with van der Waals surface area (Å²) in [6, 6.07) is 1.92. The first-order chi connectivity index (χ1) is 6.65. The number of carbonyl (C=O) groups is 1. The molecule has 0 aliphatic rings. The number of nitrogens with one attached hydrogen (secondary N) is 1. The number of hydrogen-bond acceptors (Lipinski definition) is 3. The first kappa shape index (κ1) is 15.2. The standard InChI is InChI=1S/C9H13IN2OS.ClH/c1-11-3-4-12(2)9(13)7-5-8(10)14-6-7;/h5-6,11H,3-4H2,1-2H3;1H. The summed E-state index contributed by atoms with van der Waals surface area (Å²) in [4.78, 5) is 13.5. The molecule has 0 radical (unpaired) electrons. The van der Waals surface area contributed by atoms with Gasteiger partial charge < -0.3 is 10.2 Å². The summed E-state index contributed by atoms with van der Waals surface area (Å²) in [5, 5.41) is 4.92. The van der Waals surface area contributed by atoms with Crippen LogP contribution in [0.2, 0.25) is 0 Å². The van der Waals surface area contributed by atoms with Crippen LogP contribution < -0.4 is 5.32 Å². The molecule has 6 heteroatoms. The Balaban J connectivity index is 0.00000196. The van der Waals surface area contributed by atoms with Crippen molar-refractivity contribution < 1.29 is 4.79 Å². The molecule has 86 valence electrons. The van der Waals surface area contributed by atoms with E-state index in [1.807, 2.05) is 25.5 Å². The Bertz CT molecular complexity index is 319. The lowest BCUT2D eigenvalue weighted by Crippen LogP contribution is -2.32.